The van der Waals surface area contributed by atoms with E-state index in [9.17, 15) is 4.79 Å². The summed E-state index contributed by atoms with van der Waals surface area (Å²) in [5.41, 5.74) is 3.39. The number of amides is 1. The van der Waals surface area contributed by atoms with E-state index in [0.29, 0.717) is 0 Å². The highest BCUT2D eigenvalue weighted by molar-refractivity contribution is 7.99. The van der Waals surface area contributed by atoms with Crippen LogP contribution in [0.15, 0.2) is 66.0 Å². The van der Waals surface area contributed by atoms with E-state index in [4.69, 9.17) is 0 Å². The van der Waals surface area contributed by atoms with Crippen LogP contribution in [-0.4, -0.2) is 26.6 Å². The smallest absolute Gasteiger partial charge is 0.234 e. The number of carbonyl (C=O) groups is 1. The first-order valence-electron chi connectivity index (χ1n) is 7.51. The molecule has 0 atom stereocenters. The predicted molar refractivity (Wildman–Crippen MR) is 97.2 cm³/mol. The summed E-state index contributed by atoms with van der Waals surface area (Å²) in [5.74, 6) is 0.196. The lowest BCUT2D eigenvalue weighted by atomic mass is 10.2. The molecule has 1 amide bonds. The number of aromatic nitrogens is 3. The van der Waals surface area contributed by atoms with E-state index in [1.54, 1.807) is 6.20 Å². The molecule has 2 heterocycles. The maximum Gasteiger partial charge on any atom is 0.234 e. The third kappa shape index (κ3) is 2.96. The van der Waals surface area contributed by atoms with Crippen molar-refractivity contribution in [2.45, 2.75) is 5.16 Å². The van der Waals surface area contributed by atoms with Gasteiger partial charge in [-0.3, -0.25) is 9.78 Å². The van der Waals surface area contributed by atoms with Gasteiger partial charge in [-0.25, -0.2) is 4.98 Å². The topological polar surface area (TPSA) is 70.7 Å². The Morgan fingerprint density at radius 2 is 1.96 bits per heavy atom. The van der Waals surface area contributed by atoms with Gasteiger partial charge in [-0.15, -0.1) is 0 Å². The predicted octanol–water partition coefficient (Wildman–Crippen LogP) is 3.84. The summed E-state index contributed by atoms with van der Waals surface area (Å²) >= 11 is 1.38. The molecule has 0 aliphatic heterocycles. The van der Waals surface area contributed by atoms with Gasteiger partial charge < -0.3 is 10.3 Å². The van der Waals surface area contributed by atoms with Crippen LogP contribution in [0.2, 0.25) is 0 Å². The lowest BCUT2D eigenvalue weighted by molar-refractivity contribution is -0.113. The number of nitrogens with zero attached hydrogens (tertiary/aromatic N) is 2. The lowest BCUT2D eigenvalue weighted by Gasteiger charge is -2.07. The third-order valence-electron chi connectivity index (χ3n) is 3.61. The number of carbonyl (C=O) groups excluding carboxylic acids is 1. The number of anilines is 1. The van der Waals surface area contributed by atoms with Crippen LogP contribution in [-0.2, 0) is 4.79 Å². The molecule has 4 aromatic rings. The minimum Gasteiger partial charge on any atom is -0.333 e. The minimum atomic E-state index is -0.0846. The zero-order valence-electron chi connectivity index (χ0n) is 12.7. The van der Waals surface area contributed by atoms with Crippen molar-refractivity contribution in [2.75, 3.05) is 11.1 Å². The van der Waals surface area contributed by atoms with E-state index >= 15 is 0 Å². The van der Waals surface area contributed by atoms with Crippen molar-refractivity contribution in [3.63, 3.8) is 0 Å². The maximum atomic E-state index is 12.2. The fourth-order valence-corrected chi connectivity index (χ4v) is 3.21. The summed E-state index contributed by atoms with van der Waals surface area (Å²) in [4.78, 5) is 24.2. The zero-order valence-corrected chi connectivity index (χ0v) is 13.5. The molecular formula is C18H14N4OS. The van der Waals surface area contributed by atoms with Gasteiger partial charge in [0.2, 0.25) is 5.91 Å². The Bertz CT molecular complexity index is 989. The van der Waals surface area contributed by atoms with Crippen LogP contribution in [0.1, 0.15) is 0 Å². The molecule has 6 heteroatoms. The molecule has 2 N–H and O–H groups in total. The van der Waals surface area contributed by atoms with Crippen molar-refractivity contribution in [2.24, 2.45) is 0 Å². The normalized spacial score (nSPS) is 11.0. The second kappa shape index (κ2) is 6.33. The molecule has 0 fully saturated rings. The summed E-state index contributed by atoms with van der Waals surface area (Å²) in [6.07, 6.45) is 1.72. The number of hydrogen-bond donors (Lipinski definition) is 2. The number of rotatable bonds is 4. The molecule has 0 spiro atoms. The third-order valence-corrected chi connectivity index (χ3v) is 4.49. The Kier molecular flexibility index (Phi) is 3.88. The zero-order chi connectivity index (χ0) is 16.4. The summed E-state index contributed by atoms with van der Waals surface area (Å²) in [5, 5.41) is 4.66. The number of pyridine rings is 1. The van der Waals surface area contributed by atoms with E-state index in [-0.39, 0.29) is 11.7 Å². The van der Waals surface area contributed by atoms with Gasteiger partial charge >= 0.3 is 0 Å². The summed E-state index contributed by atoms with van der Waals surface area (Å²) in [7, 11) is 0. The highest BCUT2D eigenvalue weighted by Crippen LogP contribution is 2.22. The number of nitrogens with one attached hydrogen (secondary N) is 2. The molecule has 2 aromatic carbocycles. The van der Waals surface area contributed by atoms with Gasteiger partial charge in [0.15, 0.2) is 5.16 Å². The van der Waals surface area contributed by atoms with Crippen molar-refractivity contribution in [1.82, 2.24) is 15.0 Å². The summed E-state index contributed by atoms with van der Waals surface area (Å²) in [6, 6.07) is 17.4. The van der Waals surface area contributed by atoms with E-state index in [1.807, 2.05) is 54.6 Å². The highest BCUT2D eigenvalue weighted by Gasteiger charge is 2.09. The summed E-state index contributed by atoms with van der Waals surface area (Å²) in [6.45, 7) is 0. The molecule has 0 saturated heterocycles. The molecular weight excluding hydrogens is 320 g/mol. The van der Waals surface area contributed by atoms with E-state index in [0.717, 1.165) is 32.8 Å². The monoisotopic (exact) mass is 334 g/mol. The van der Waals surface area contributed by atoms with Gasteiger partial charge in [-0.1, -0.05) is 42.1 Å². The Hall–Kier alpha value is -2.86. The molecule has 4 rings (SSSR count). The van der Waals surface area contributed by atoms with Gasteiger partial charge in [0, 0.05) is 11.6 Å². The number of hydrogen-bond acceptors (Lipinski definition) is 4. The first-order valence-corrected chi connectivity index (χ1v) is 8.49. The van der Waals surface area contributed by atoms with Crippen LogP contribution in [0, 0.1) is 0 Å². The second-order valence-corrected chi connectivity index (χ2v) is 6.24. The van der Waals surface area contributed by atoms with Crippen LogP contribution in [0.4, 0.5) is 5.69 Å². The number of fused-ring (bicyclic) bond motifs is 2. The van der Waals surface area contributed by atoms with Gasteiger partial charge in [0.1, 0.15) is 0 Å². The molecule has 0 aliphatic carbocycles. The first kappa shape index (κ1) is 14.7. The van der Waals surface area contributed by atoms with Gasteiger partial charge in [-0.05, 0) is 24.3 Å². The lowest BCUT2D eigenvalue weighted by Crippen LogP contribution is -2.14. The minimum absolute atomic E-state index is 0.0846. The number of aromatic amines is 1. The molecule has 2 aromatic heterocycles. The molecule has 0 radical (unpaired) electrons. The van der Waals surface area contributed by atoms with Gasteiger partial charge in [0.05, 0.1) is 28.0 Å². The Morgan fingerprint density at radius 1 is 1.08 bits per heavy atom. The van der Waals surface area contributed by atoms with Crippen LogP contribution >= 0.6 is 11.8 Å². The fourth-order valence-electron chi connectivity index (χ4n) is 2.52. The van der Waals surface area contributed by atoms with Crippen LogP contribution in [0.25, 0.3) is 21.9 Å². The summed E-state index contributed by atoms with van der Waals surface area (Å²) < 4.78 is 0. The van der Waals surface area contributed by atoms with E-state index in [2.05, 4.69) is 20.3 Å². The second-order valence-electron chi connectivity index (χ2n) is 5.28. The molecule has 24 heavy (non-hydrogen) atoms. The number of H-pyrrole nitrogens is 1. The average molecular weight is 334 g/mol. The quantitative estimate of drug-likeness (QED) is 0.556. The van der Waals surface area contributed by atoms with Crippen molar-refractivity contribution < 1.29 is 4.79 Å². The SMILES string of the molecule is O=C(CSc1nc2ccccc2[nH]1)Nc1cccc2cccnc12. The molecule has 0 unspecified atom stereocenters. The number of imidazole rings is 1. The van der Waals surface area contributed by atoms with Crippen molar-refractivity contribution in [3.8, 4) is 0 Å². The molecule has 0 aliphatic rings. The van der Waals surface area contributed by atoms with Crippen molar-refractivity contribution in [1.29, 1.82) is 0 Å². The molecule has 118 valence electrons. The fraction of sp³-hybridized carbons (Fsp3) is 0.0556. The Balaban J connectivity index is 1.46. The highest BCUT2D eigenvalue weighted by atomic mass is 32.2. The number of para-hydroxylation sites is 3. The Morgan fingerprint density at radius 3 is 2.88 bits per heavy atom. The number of benzene rings is 2. The Labute approximate surface area is 142 Å². The van der Waals surface area contributed by atoms with Crippen LogP contribution in [0.5, 0.6) is 0 Å². The van der Waals surface area contributed by atoms with Crippen LogP contribution < -0.4 is 5.32 Å². The van der Waals surface area contributed by atoms with E-state index < -0.39 is 0 Å². The van der Waals surface area contributed by atoms with Gasteiger partial charge in [0.25, 0.3) is 0 Å². The largest absolute Gasteiger partial charge is 0.333 e. The van der Waals surface area contributed by atoms with E-state index in [1.165, 1.54) is 11.8 Å². The standard InChI is InChI=1S/C18H14N4OS/c23-16(11-24-18-21-13-7-1-2-8-14(13)22-18)20-15-9-3-5-12-6-4-10-19-17(12)15/h1-10H,11H2,(H,20,23)(H,21,22). The first-order chi connectivity index (χ1) is 11.8. The van der Waals surface area contributed by atoms with Crippen molar-refractivity contribution in [3.05, 3.63) is 60.8 Å². The van der Waals surface area contributed by atoms with Gasteiger partial charge in [-0.2, -0.15) is 0 Å². The molecule has 0 saturated carbocycles. The molecule has 0 bridgehead atoms. The van der Waals surface area contributed by atoms with Crippen molar-refractivity contribution >= 4 is 45.3 Å². The maximum absolute atomic E-state index is 12.2. The average Bonchev–Trinajstić information content (AvgIpc) is 3.03. The van der Waals surface area contributed by atoms with Crippen LogP contribution in [0.3, 0.4) is 0 Å². The molecule has 5 nitrogen and oxygen atoms in total. The number of thioether (sulfide) groups is 1.